The van der Waals surface area contributed by atoms with Crippen molar-refractivity contribution in [3.05, 3.63) is 57.6 Å². The quantitative estimate of drug-likeness (QED) is 0.345. The van der Waals surface area contributed by atoms with Crippen molar-refractivity contribution in [2.45, 2.75) is 19.5 Å². The first-order valence-electron chi connectivity index (χ1n) is 8.62. The highest BCUT2D eigenvalue weighted by atomic mass is 35.5. The lowest BCUT2D eigenvalue weighted by molar-refractivity contribution is -0.144. The Morgan fingerprint density at radius 2 is 2.10 bits per heavy atom. The summed E-state index contributed by atoms with van der Waals surface area (Å²) in [4.78, 5) is 24.1. The molecule has 0 N–H and O–H groups in total. The number of halogens is 5. The molecule has 0 aliphatic heterocycles. The van der Waals surface area contributed by atoms with E-state index in [9.17, 15) is 23.2 Å². The standard InChI is InChI=1S/C19H15Cl2F3N4O2/c1-2-30-18(29)13(9-25)16(12-4-3-6-27-17(12)21)26-7-5-15-14(20)8-11(10-28-15)19(22,23)24/h3-4,6,8,10,13H,2,5,7H2,1H3. The van der Waals surface area contributed by atoms with Crippen LogP contribution in [0.4, 0.5) is 13.2 Å². The number of aromatic nitrogens is 2. The number of nitriles is 1. The summed E-state index contributed by atoms with van der Waals surface area (Å²) < 4.78 is 43.1. The lowest BCUT2D eigenvalue weighted by Crippen LogP contribution is -2.26. The Balaban J connectivity index is 2.33. The number of aliphatic imine (C=N–C) groups is 1. The maximum Gasteiger partial charge on any atom is 0.417 e. The van der Waals surface area contributed by atoms with E-state index in [4.69, 9.17) is 27.9 Å². The monoisotopic (exact) mass is 458 g/mol. The third-order valence-corrected chi connectivity index (χ3v) is 4.46. The van der Waals surface area contributed by atoms with Crippen LogP contribution in [0.2, 0.25) is 10.2 Å². The van der Waals surface area contributed by atoms with Gasteiger partial charge in [-0.05, 0) is 25.1 Å². The SMILES string of the molecule is CCOC(=O)C(C#N)C(=NCCc1ncc(C(F)(F)F)cc1Cl)c1cccnc1Cl. The molecule has 0 spiro atoms. The second kappa shape index (κ2) is 10.4. The number of hydrogen-bond acceptors (Lipinski definition) is 6. The molecule has 0 fully saturated rings. The van der Waals surface area contributed by atoms with Crippen LogP contribution < -0.4 is 0 Å². The molecular weight excluding hydrogens is 444 g/mol. The minimum Gasteiger partial charge on any atom is -0.465 e. The molecule has 0 saturated carbocycles. The predicted molar refractivity (Wildman–Crippen MR) is 104 cm³/mol. The van der Waals surface area contributed by atoms with Crippen LogP contribution in [0, 0.1) is 17.2 Å². The van der Waals surface area contributed by atoms with Gasteiger partial charge in [-0.1, -0.05) is 23.2 Å². The predicted octanol–water partition coefficient (Wildman–Crippen LogP) is 4.54. The lowest BCUT2D eigenvalue weighted by Gasteiger charge is -2.13. The van der Waals surface area contributed by atoms with Crippen molar-refractivity contribution in [1.29, 1.82) is 5.26 Å². The van der Waals surface area contributed by atoms with Crippen LogP contribution in [0.15, 0.2) is 35.6 Å². The van der Waals surface area contributed by atoms with Gasteiger partial charge in [0.25, 0.3) is 0 Å². The topological polar surface area (TPSA) is 88.2 Å². The highest BCUT2D eigenvalue weighted by molar-refractivity contribution is 6.34. The average molecular weight is 459 g/mol. The second-order valence-corrected chi connectivity index (χ2v) is 6.59. The summed E-state index contributed by atoms with van der Waals surface area (Å²) in [5, 5.41) is 9.35. The average Bonchev–Trinajstić information content (AvgIpc) is 2.68. The van der Waals surface area contributed by atoms with Crippen molar-refractivity contribution in [1.82, 2.24) is 9.97 Å². The zero-order chi connectivity index (χ0) is 22.3. The Kier molecular flexibility index (Phi) is 8.15. The first-order valence-corrected chi connectivity index (χ1v) is 9.37. The lowest BCUT2D eigenvalue weighted by atomic mass is 9.99. The first-order chi connectivity index (χ1) is 14.2. The first kappa shape index (κ1) is 23.6. The summed E-state index contributed by atoms with van der Waals surface area (Å²) >= 11 is 12.0. The van der Waals surface area contributed by atoms with E-state index in [2.05, 4.69) is 15.0 Å². The molecule has 0 aliphatic rings. The molecule has 0 radical (unpaired) electrons. The van der Waals surface area contributed by atoms with E-state index in [1.54, 1.807) is 19.1 Å². The zero-order valence-corrected chi connectivity index (χ0v) is 17.1. The highest BCUT2D eigenvalue weighted by Crippen LogP contribution is 2.31. The molecule has 0 saturated heterocycles. The number of hydrogen-bond donors (Lipinski definition) is 0. The molecule has 0 aliphatic carbocycles. The maximum atomic E-state index is 12.7. The molecule has 0 amide bonds. The van der Waals surface area contributed by atoms with E-state index in [1.165, 1.54) is 6.20 Å². The Bertz CT molecular complexity index is 990. The van der Waals surface area contributed by atoms with E-state index in [1.807, 2.05) is 6.07 Å². The van der Waals surface area contributed by atoms with E-state index in [0.717, 1.165) is 6.07 Å². The number of rotatable bonds is 7. The molecule has 2 rings (SSSR count). The van der Waals surface area contributed by atoms with Gasteiger partial charge in [-0.15, -0.1) is 0 Å². The number of pyridine rings is 2. The van der Waals surface area contributed by atoms with Crippen LogP contribution in [-0.4, -0.2) is 34.8 Å². The normalized spacial score (nSPS) is 12.9. The molecule has 11 heteroatoms. The molecule has 158 valence electrons. The summed E-state index contributed by atoms with van der Waals surface area (Å²) in [6.07, 6.45) is -2.38. The van der Waals surface area contributed by atoms with Gasteiger partial charge in [0.1, 0.15) is 5.15 Å². The Labute approximate surface area is 180 Å². The summed E-state index contributed by atoms with van der Waals surface area (Å²) in [6.45, 7) is 1.64. The Morgan fingerprint density at radius 3 is 2.67 bits per heavy atom. The number of carbonyl (C=O) groups is 1. The number of nitrogens with zero attached hydrogens (tertiary/aromatic N) is 4. The molecule has 30 heavy (non-hydrogen) atoms. The number of alkyl halides is 3. The fourth-order valence-corrected chi connectivity index (χ4v) is 2.92. The van der Waals surface area contributed by atoms with Crippen LogP contribution >= 0.6 is 23.2 Å². The van der Waals surface area contributed by atoms with Crippen molar-refractivity contribution in [3.63, 3.8) is 0 Å². The number of esters is 1. The maximum absolute atomic E-state index is 12.7. The molecule has 2 aromatic heterocycles. The van der Waals surface area contributed by atoms with Gasteiger partial charge >= 0.3 is 12.1 Å². The second-order valence-electron chi connectivity index (χ2n) is 5.82. The van der Waals surface area contributed by atoms with Gasteiger partial charge in [0, 0.05) is 30.9 Å². The van der Waals surface area contributed by atoms with Gasteiger partial charge in [-0.25, -0.2) is 4.98 Å². The van der Waals surface area contributed by atoms with E-state index in [-0.39, 0.29) is 46.7 Å². The van der Waals surface area contributed by atoms with Crippen LogP contribution in [0.5, 0.6) is 0 Å². The molecule has 0 aromatic carbocycles. The minimum absolute atomic E-state index is 0.0176. The van der Waals surface area contributed by atoms with Crippen molar-refractivity contribution in [3.8, 4) is 6.07 Å². The fourth-order valence-electron chi connectivity index (χ4n) is 2.45. The van der Waals surface area contributed by atoms with Crippen molar-refractivity contribution in [2.75, 3.05) is 13.2 Å². The van der Waals surface area contributed by atoms with Crippen molar-refractivity contribution < 1.29 is 22.7 Å². The number of carbonyl (C=O) groups excluding carboxylic acids is 1. The largest absolute Gasteiger partial charge is 0.465 e. The van der Waals surface area contributed by atoms with E-state index >= 15 is 0 Å². The Morgan fingerprint density at radius 1 is 1.37 bits per heavy atom. The minimum atomic E-state index is -4.56. The summed E-state index contributed by atoms with van der Waals surface area (Å²) in [5.74, 6) is -2.16. The molecule has 6 nitrogen and oxygen atoms in total. The van der Waals surface area contributed by atoms with Gasteiger partial charge in [0.2, 0.25) is 0 Å². The van der Waals surface area contributed by atoms with Crippen LogP contribution in [-0.2, 0) is 22.1 Å². The smallest absolute Gasteiger partial charge is 0.417 e. The van der Waals surface area contributed by atoms with Crippen molar-refractivity contribution in [2.24, 2.45) is 10.9 Å². The molecular formula is C19H15Cl2F3N4O2. The number of ether oxygens (including phenoxy) is 1. The molecule has 1 atom stereocenters. The summed E-state index contributed by atoms with van der Waals surface area (Å²) in [6, 6.07) is 5.72. The van der Waals surface area contributed by atoms with Gasteiger partial charge in [-0.3, -0.25) is 14.8 Å². The Hall–Kier alpha value is -2.70. The molecule has 0 bridgehead atoms. The van der Waals surface area contributed by atoms with Crippen LogP contribution in [0.3, 0.4) is 0 Å². The van der Waals surface area contributed by atoms with Gasteiger partial charge in [0.05, 0.1) is 34.7 Å². The van der Waals surface area contributed by atoms with Crippen LogP contribution in [0.25, 0.3) is 0 Å². The van der Waals surface area contributed by atoms with Gasteiger partial charge in [-0.2, -0.15) is 18.4 Å². The third kappa shape index (κ3) is 5.90. The molecule has 2 aromatic rings. The van der Waals surface area contributed by atoms with Crippen LogP contribution in [0.1, 0.15) is 23.7 Å². The zero-order valence-electron chi connectivity index (χ0n) is 15.6. The van der Waals surface area contributed by atoms with E-state index < -0.39 is 23.6 Å². The van der Waals surface area contributed by atoms with Gasteiger partial charge < -0.3 is 4.74 Å². The molecule has 2 heterocycles. The highest BCUT2D eigenvalue weighted by Gasteiger charge is 2.32. The van der Waals surface area contributed by atoms with Crippen molar-refractivity contribution >= 4 is 34.9 Å². The van der Waals surface area contributed by atoms with Gasteiger partial charge in [0.15, 0.2) is 5.92 Å². The summed E-state index contributed by atoms with van der Waals surface area (Å²) in [7, 11) is 0. The van der Waals surface area contributed by atoms with E-state index in [0.29, 0.717) is 6.20 Å². The summed E-state index contributed by atoms with van der Waals surface area (Å²) in [5.41, 5.74) is -0.466. The fraction of sp³-hybridized carbons (Fsp3) is 0.316. The molecule has 1 unspecified atom stereocenters. The third-order valence-electron chi connectivity index (χ3n) is 3.84.